The van der Waals surface area contributed by atoms with Gasteiger partial charge in [0.25, 0.3) is 0 Å². The van der Waals surface area contributed by atoms with Crippen LogP contribution in [-0.2, 0) is 20.8 Å². The summed E-state index contributed by atoms with van der Waals surface area (Å²) in [5, 5.41) is 0. The molecule has 1 aliphatic heterocycles. The van der Waals surface area contributed by atoms with Crippen LogP contribution in [0.25, 0.3) is 5.65 Å². The third kappa shape index (κ3) is 2.91. The number of hydrogen-bond donors (Lipinski definition) is 0. The van der Waals surface area contributed by atoms with E-state index in [1.54, 1.807) is 0 Å². The zero-order chi connectivity index (χ0) is 14.8. The van der Waals surface area contributed by atoms with Crippen LogP contribution in [0, 0.1) is 6.92 Å². The van der Waals surface area contributed by atoms with Crippen molar-refractivity contribution in [3.8, 4) is 0 Å². The molecule has 0 spiro atoms. The fourth-order valence-corrected chi connectivity index (χ4v) is 2.63. The lowest BCUT2D eigenvalue weighted by Gasteiger charge is -2.30. The minimum atomic E-state index is -0.498. The zero-order valence-electron chi connectivity index (χ0n) is 12.3. The summed E-state index contributed by atoms with van der Waals surface area (Å²) in [5.74, 6) is -0.314. The Morgan fingerprint density at radius 1 is 1.57 bits per heavy atom. The van der Waals surface area contributed by atoms with Crippen molar-refractivity contribution in [2.45, 2.75) is 19.6 Å². The molecule has 1 fully saturated rings. The predicted molar refractivity (Wildman–Crippen MR) is 77.0 cm³/mol. The van der Waals surface area contributed by atoms with Crippen LogP contribution in [0.1, 0.15) is 11.3 Å². The highest BCUT2D eigenvalue weighted by atomic mass is 16.6. The van der Waals surface area contributed by atoms with Gasteiger partial charge >= 0.3 is 5.97 Å². The van der Waals surface area contributed by atoms with E-state index in [1.807, 2.05) is 35.9 Å². The summed E-state index contributed by atoms with van der Waals surface area (Å²) in [7, 11) is 1.38. The molecule has 3 rings (SSSR count). The van der Waals surface area contributed by atoms with Crippen molar-refractivity contribution in [3.05, 3.63) is 35.8 Å². The van der Waals surface area contributed by atoms with Gasteiger partial charge in [-0.15, -0.1) is 0 Å². The summed E-state index contributed by atoms with van der Waals surface area (Å²) in [6.45, 7) is 4.62. The number of esters is 1. The molecule has 0 aromatic carbocycles. The maximum atomic E-state index is 11.6. The third-order valence-corrected chi connectivity index (χ3v) is 3.73. The molecule has 6 nitrogen and oxygen atoms in total. The second kappa shape index (κ2) is 5.83. The van der Waals surface area contributed by atoms with Gasteiger partial charge in [-0.1, -0.05) is 6.07 Å². The number of morpholine rings is 1. The van der Waals surface area contributed by atoms with E-state index in [0.29, 0.717) is 19.7 Å². The number of rotatable bonds is 3. The van der Waals surface area contributed by atoms with Gasteiger partial charge in [-0.3, -0.25) is 4.90 Å². The van der Waals surface area contributed by atoms with Gasteiger partial charge in [0.05, 0.1) is 19.4 Å². The molecule has 1 atom stereocenters. The van der Waals surface area contributed by atoms with Crippen LogP contribution in [0.4, 0.5) is 0 Å². The number of aryl methyl sites for hydroxylation is 1. The number of nitrogens with zero attached hydrogens (tertiary/aromatic N) is 3. The Kier molecular flexibility index (Phi) is 3.90. The highest BCUT2D eigenvalue weighted by Gasteiger charge is 2.27. The molecule has 6 heteroatoms. The number of aromatic nitrogens is 2. The van der Waals surface area contributed by atoms with Crippen LogP contribution in [0.5, 0.6) is 0 Å². The van der Waals surface area contributed by atoms with E-state index in [9.17, 15) is 4.79 Å². The van der Waals surface area contributed by atoms with E-state index in [0.717, 1.165) is 23.4 Å². The van der Waals surface area contributed by atoms with Crippen LogP contribution < -0.4 is 0 Å². The Morgan fingerprint density at radius 3 is 3.19 bits per heavy atom. The van der Waals surface area contributed by atoms with Crippen LogP contribution in [0.15, 0.2) is 24.5 Å². The Morgan fingerprint density at radius 2 is 2.43 bits per heavy atom. The van der Waals surface area contributed by atoms with Crippen molar-refractivity contribution in [2.24, 2.45) is 0 Å². The van der Waals surface area contributed by atoms with Gasteiger partial charge < -0.3 is 13.9 Å². The highest BCUT2D eigenvalue weighted by molar-refractivity contribution is 5.74. The standard InChI is InChI=1S/C15H19N3O3/c1-11-4-3-5-18-9-12(16-14(11)18)8-17-6-7-21-13(10-17)15(19)20-2/h3-5,9,13H,6-8,10H2,1-2H3. The summed E-state index contributed by atoms with van der Waals surface area (Å²) in [5.41, 5.74) is 3.12. The minimum absolute atomic E-state index is 0.314. The largest absolute Gasteiger partial charge is 0.467 e. The predicted octanol–water partition coefficient (Wildman–Crippen LogP) is 1.02. The average Bonchev–Trinajstić information content (AvgIpc) is 2.90. The summed E-state index contributed by atoms with van der Waals surface area (Å²) < 4.78 is 12.2. The lowest BCUT2D eigenvalue weighted by atomic mass is 10.2. The molecule has 0 radical (unpaired) electrons. The Labute approximate surface area is 123 Å². The number of fused-ring (bicyclic) bond motifs is 1. The number of carbonyl (C=O) groups excluding carboxylic acids is 1. The molecule has 21 heavy (non-hydrogen) atoms. The van der Waals surface area contributed by atoms with Crippen LogP contribution in [0.2, 0.25) is 0 Å². The number of ether oxygens (including phenoxy) is 2. The molecule has 0 bridgehead atoms. The number of methoxy groups -OCH3 is 1. The lowest BCUT2D eigenvalue weighted by molar-refractivity contribution is -0.160. The molecule has 0 N–H and O–H groups in total. The Balaban J connectivity index is 1.72. The first-order valence-corrected chi connectivity index (χ1v) is 7.02. The molecule has 2 aromatic heterocycles. The number of hydrogen-bond acceptors (Lipinski definition) is 5. The van der Waals surface area contributed by atoms with Gasteiger partial charge in [-0.25, -0.2) is 9.78 Å². The zero-order valence-corrected chi connectivity index (χ0v) is 12.3. The summed E-state index contributed by atoms with van der Waals surface area (Å²) in [6.07, 6.45) is 3.53. The topological polar surface area (TPSA) is 56.1 Å². The van der Waals surface area contributed by atoms with E-state index < -0.39 is 6.10 Å². The molecule has 1 aliphatic rings. The molecular formula is C15H19N3O3. The smallest absolute Gasteiger partial charge is 0.336 e. The molecule has 3 heterocycles. The van der Waals surface area contributed by atoms with Crippen molar-refractivity contribution >= 4 is 11.6 Å². The van der Waals surface area contributed by atoms with Gasteiger partial charge in [0, 0.05) is 32.0 Å². The first-order chi connectivity index (χ1) is 10.2. The van der Waals surface area contributed by atoms with Crippen molar-refractivity contribution in [1.82, 2.24) is 14.3 Å². The fraction of sp³-hybridized carbons (Fsp3) is 0.467. The quantitative estimate of drug-likeness (QED) is 0.790. The molecule has 1 saturated heterocycles. The van der Waals surface area contributed by atoms with Gasteiger partial charge in [0.2, 0.25) is 0 Å². The first-order valence-electron chi connectivity index (χ1n) is 7.02. The molecular weight excluding hydrogens is 270 g/mol. The van der Waals surface area contributed by atoms with Gasteiger partial charge in [0.1, 0.15) is 5.65 Å². The SMILES string of the molecule is COC(=O)C1CN(Cc2cn3cccc(C)c3n2)CCO1. The lowest BCUT2D eigenvalue weighted by Crippen LogP contribution is -2.46. The molecule has 112 valence electrons. The van der Waals surface area contributed by atoms with Crippen LogP contribution in [-0.4, -0.2) is 53.2 Å². The van der Waals surface area contributed by atoms with Gasteiger partial charge in [-0.2, -0.15) is 0 Å². The molecule has 1 unspecified atom stereocenters. The number of imidazole rings is 1. The molecule has 0 amide bonds. The highest BCUT2D eigenvalue weighted by Crippen LogP contribution is 2.14. The van der Waals surface area contributed by atoms with Crippen molar-refractivity contribution in [2.75, 3.05) is 26.8 Å². The second-order valence-corrected chi connectivity index (χ2v) is 5.27. The molecule has 2 aromatic rings. The fourth-order valence-electron chi connectivity index (χ4n) is 2.63. The Bertz CT molecular complexity index is 653. The second-order valence-electron chi connectivity index (χ2n) is 5.27. The van der Waals surface area contributed by atoms with Crippen molar-refractivity contribution in [1.29, 1.82) is 0 Å². The number of carbonyl (C=O) groups is 1. The van der Waals surface area contributed by atoms with Gasteiger partial charge in [-0.05, 0) is 18.6 Å². The third-order valence-electron chi connectivity index (χ3n) is 3.73. The molecule has 0 saturated carbocycles. The maximum absolute atomic E-state index is 11.6. The minimum Gasteiger partial charge on any atom is -0.467 e. The molecule has 0 aliphatic carbocycles. The van der Waals surface area contributed by atoms with E-state index in [4.69, 9.17) is 9.47 Å². The van der Waals surface area contributed by atoms with E-state index >= 15 is 0 Å². The summed E-state index contributed by atoms with van der Waals surface area (Å²) in [6, 6.07) is 4.06. The van der Waals surface area contributed by atoms with Crippen molar-refractivity contribution < 1.29 is 14.3 Å². The monoisotopic (exact) mass is 289 g/mol. The van der Waals surface area contributed by atoms with Gasteiger partial charge in [0.15, 0.2) is 6.10 Å². The first kappa shape index (κ1) is 14.0. The van der Waals surface area contributed by atoms with Crippen molar-refractivity contribution in [3.63, 3.8) is 0 Å². The Hall–Kier alpha value is -1.92. The normalized spacial score (nSPS) is 19.8. The van der Waals surface area contributed by atoms with E-state index in [1.165, 1.54) is 7.11 Å². The average molecular weight is 289 g/mol. The van der Waals surface area contributed by atoms with Crippen LogP contribution in [0.3, 0.4) is 0 Å². The number of pyridine rings is 1. The maximum Gasteiger partial charge on any atom is 0.336 e. The van der Waals surface area contributed by atoms with E-state index in [-0.39, 0.29) is 5.97 Å². The summed E-state index contributed by atoms with van der Waals surface area (Å²) >= 11 is 0. The summed E-state index contributed by atoms with van der Waals surface area (Å²) in [4.78, 5) is 18.4. The van der Waals surface area contributed by atoms with E-state index in [2.05, 4.69) is 9.88 Å². The van der Waals surface area contributed by atoms with Crippen LogP contribution >= 0.6 is 0 Å².